The minimum Gasteiger partial charge on any atom is -0.459 e. The number of benzene rings is 1. The fraction of sp³-hybridized carbons (Fsp3) is 0.462. The average Bonchev–Trinajstić information content (AvgIpc) is 2.14. The van der Waals surface area contributed by atoms with Gasteiger partial charge in [-0.05, 0) is 44.9 Å². The Morgan fingerprint density at radius 3 is 2.65 bits per heavy atom. The van der Waals surface area contributed by atoms with Crippen molar-refractivity contribution in [2.45, 2.75) is 38.8 Å². The van der Waals surface area contributed by atoms with Crippen molar-refractivity contribution in [2.75, 3.05) is 0 Å². The number of hydrogen-bond donors (Lipinski definition) is 1. The Labute approximate surface area is 110 Å². The van der Waals surface area contributed by atoms with Gasteiger partial charge in [0.15, 0.2) is 0 Å². The van der Waals surface area contributed by atoms with Crippen LogP contribution in [0.15, 0.2) is 28.7 Å². The zero-order chi connectivity index (χ0) is 13.1. The van der Waals surface area contributed by atoms with Crippen LogP contribution in [0.1, 0.15) is 26.3 Å². The quantitative estimate of drug-likeness (QED) is 0.873. The molecule has 0 saturated carbocycles. The lowest BCUT2D eigenvalue weighted by atomic mass is 10.1. The van der Waals surface area contributed by atoms with Crippen LogP contribution in [0.25, 0.3) is 0 Å². The second-order valence-electron chi connectivity index (χ2n) is 4.97. The number of nitrogens with two attached hydrogens (primary N) is 1. The third-order valence-corrected chi connectivity index (χ3v) is 2.55. The first kappa shape index (κ1) is 14.2. The van der Waals surface area contributed by atoms with E-state index in [-0.39, 0.29) is 5.97 Å². The number of rotatable bonds is 3. The van der Waals surface area contributed by atoms with Gasteiger partial charge in [0.05, 0.1) is 0 Å². The third-order valence-electron chi connectivity index (χ3n) is 2.05. The number of carbonyl (C=O) groups is 1. The first-order valence-electron chi connectivity index (χ1n) is 5.51. The van der Waals surface area contributed by atoms with Gasteiger partial charge in [0, 0.05) is 4.47 Å². The average molecular weight is 300 g/mol. The van der Waals surface area contributed by atoms with E-state index < -0.39 is 11.6 Å². The van der Waals surface area contributed by atoms with E-state index in [1.54, 1.807) is 0 Å². The third kappa shape index (κ3) is 5.33. The molecule has 3 nitrogen and oxygen atoms in total. The smallest absolute Gasteiger partial charge is 0.323 e. The molecule has 0 fully saturated rings. The molecule has 0 aliphatic carbocycles. The maximum atomic E-state index is 11.7. The van der Waals surface area contributed by atoms with Crippen molar-refractivity contribution in [3.8, 4) is 0 Å². The van der Waals surface area contributed by atoms with E-state index in [4.69, 9.17) is 10.5 Å². The molecule has 0 unspecified atom stereocenters. The first-order valence-corrected chi connectivity index (χ1v) is 6.30. The summed E-state index contributed by atoms with van der Waals surface area (Å²) in [5.41, 5.74) is 6.33. The molecule has 4 heteroatoms. The maximum Gasteiger partial charge on any atom is 0.323 e. The van der Waals surface area contributed by atoms with E-state index in [9.17, 15) is 4.79 Å². The highest BCUT2D eigenvalue weighted by molar-refractivity contribution is 9.10. The van der Waals surface area contributed by atoms with Crippen molar-refractivity contribution in [3.63, 3.8) is 0 Å². The summed E-state index contributed by atoms with van der Waals surface area (Å²) in [5, 5.41) is 0. The molecule has 0 radical (unpaired) electrons. The van der Waals surface area contributed by atoms with Gasteiger partial charge in [-0.25, -0.2) is 0 Å². The van der Waals surface area contributed by atoms with Crippen LogP contribution in [-0.2, 0) is 16.0 Å². The summed E-state index contributed by atoms with van der Waals surface area (Å²) in [4.78, 5) is 11.7. The summed E-state index contributed by atoms with van der Waals surface area (Å²) in [6.45, 7) is 5.49. The Hall–Kier alpha value is -0.870. The molecule has 17 heavy (non-hydrogen) atoms. The molecule has 0 spiro atoms. The molecule has 1 aromatic carbocycles. The first-order chi connectivity index (χ1) is 7.78. The van der Waals surface area contributed by atoms with Crippen LogP contribution in [-0.4, -0.2) is 17.6 Å². The molecule has 0 aliphatic heterocycles. The summed E-state index contributed by atoms with van der Waals surface area (Å²) >= 11 is 3.38. The highest BCUT2D eigenvalue weighted by atomic mass is 79.9. The molecular weight excluding hydrogens is 282 g/mol. The SMILES string of the molecule is CC(C)(C)OC(=O)[C@H](N)Cc1cccc(Br)c1. The van der Waals surface area contributed by atoms with Crippen LogP contribution < -0.4 is 5.73 Å². The molecule has 0 heterocycles. The number of halogens is 1. The van der Waals surface area contributed by atoms with Gasteiger partial charge in [-0.1, -0.05) is 28.1 Å². The predicted octanol–water partition coefficient (Wildman–Crippen LogP) is 2.66. The predicted molar refractivity (Wildman–Crippen MR) is 71.7 cm³/mol. The van der Waals surface area contributed by atoms with Crippen molar-refractivity contribution in [1.29, 1.82) is 0 Å². The highest BCUT2D eigenvalue weighted by Crippen LogP contribution is 2.14. The van der Waals surface area contributed by atoms with E-state index in [0.717, 1.165) is 10.0 Å². The molecule has 0 bridgehead atoms. The van der Waals surface area contributed by atoms with E-state index in [2.05, 4.69) is 15.9 Å². The molecular formula is C13H18BrNO2. The fourth-order valence-electron chi connectivity index (χ4n) is 1.38. The molecule has 0 aromatic heterocycles. The molecule has 94 valence electrons. The van der Waals surface area contributed by atoms with Crippen LogP contribution >= 0.6 is 15.9 Å². The molecule has 1 atom stereocenters. The Morgan fingerprint density at radius 2 is 2.12 bits per heavy atom. The number of hydrogen-bond acceptors (Lipinski definition) is 3. The molecule has 1 rings (SSSR count). The van der Waals surface area contributed by atoms with Gasteiger partial charge in [-0.3, -0.25) is 4.79 Å². The minimum absolute atomic E-state index is 0.363. The number of carbonyl (C=O) groups excluding carboxylic acids is 1. The van der Waals surface area contributed by atoms with Crippen molar-refractivity contribution in [3.05, 3.63) is 34.3 Å². The highest BCUT2D eigenvalue weighted by Gasteiger charge is 2.22. The van der Waals surface area contributed by atoms with Crippen LogP contribution in [0.5, 0.6) is 0 Å². The summed E-state index contributed by atoms with van der Waals surface area (Å²) in [6.07, 6.45) is 0.481. The van der Waals surface area contributed by atoms with Crippen LogP contribution in [0.4, 0.5) is 0 Å². The molecule has 1 aromatic rings. The Morgan fingerprint density at radius 1 is 1.47 bits per heavy atom. The summed E-state index contributed by atoms with van der Waals surface area (Å²) < 4.78 is 6.20. The molecule has 0 aliphatic rings. The van der Waals surface area contributed by atoms with E-state index in [1.807, 2.05) is 45.0 Å². The van der Waals surface area contributed by atoms with Crippen LogP contribution in [0, 0.1) is 0 Å². The summed E-state index contributed by atoms with van der Waals surface area (Å²) in [6, 6.07) is 7.12. The number of esters is 1. The zero-order valence-electron chi connectivity index (χ0n) is 10.4. The second kappa shape index (κ2) is 5.65. The Balaban J connectivity index is 2.60. The summed E-state index contributed by atoms with van der Waals surface area (Å²) in [5.74, 6) is -0.363. The van der Waals surface area contributed by atoms with Gasteiger partial charge >= 0.3 is 5.97 Å². The summed E-state index contributed by atoms with van der Waals surface area (Å²) in [7, 11) is 0. The molecule has 2 N–H and O–H groups in total. The van der Waals surface area contributed by atoms with Gasteiger partial charge in [0.2, 0.25) is 0 Å². The number of ether oxygens (including phenoxy) is 1. The van der Waals surface area contributed by atoms with Crippen molar-refractivity contribution < 1.29 is 9.53 Å². The molecule has 0 amide bonds. The normalized spacial score (nSPS) is 13.2. The lowest BCUT2D eigenvalue weighted by molar-refractivity contribution is -0.156. The Kier molecular flexibility index (Phi) is 4.71. The van der Waals surface area contributed by atoms with Crippen molar-refractivity contribution in [1.82, 2.24) is 0 Å². The van der Waals surface area contributed by atoms with Crippen molar-refractivity contribution in [2.24, 2.45) is 5.73 Å². The molecule has 0 saturated heterocycles. The minimum atomic E-state index is -0.622. The topological polar surface area (TPSA) is 52.3 Å². The Bertz CT molecular complexity index is 399. The maximum absolute atomic E-state index is 11.7. The van der Waals surface area contributed by atoms with Gasteiger partial charge in [0.25, 0.3) is 0 Å². The van der Waals surface area contributed by atoms with Crippen LogP contribution in [0.3, 0.4) is 0 Å². The second-order valence-corrected chi connectivity index (χ2v) is 5.89. The zero-order valence-corrected chi connectivity index (χ0v) is 12.0. The van der Waals surface area contributed by atoms with Crippen LogP contribution in [0.2, 0.25) is 0 Å². The standard InChI is InChI=1S/C13H18BrNO2/c1-13(2,3)17-12(16)11(15)8-9-5-4-6-10(14)7-9/h4-7,11H,8,15H2,1-3H3/t11-/m1/s1. The monoisotopic (exact) mass is 299 g/mol. The van der Waals surface area contributed by atoms with Gasteiger partial charge in [-0.2, -0.15) is 0 Å². The largest absolute Gasteiger partial charge is 0.459 e. The van der Waals surface area contributed by atoms with Gasteiger partial charge in [-0.15, -0.1) is 0 Å². The lowest BCUT2D eigenvalue weighted by Gasteiger charge is -2.22. The fourth-order valence-corrected chi connectivity index (χ4v) is 1.83. The van der Waals surface area contributed by atoms with Gasteiger partial charge in [0.1, 0.15) is 11.6 Å². The van der Waals surface area contributed by atoms with E-state index in [0.29, 0.717) is 6.42 Å². The van der Waals surface area contributed by atoms with E-state index >= 15 is 0 Å². The van der Waals surface area contributed by atoms with Crippen molar-refractivity contribution >= 4 is 21.9 Å². The van der Waals surface area contributed by atoms with Gasteiger partial charge < -0.3 is 10.5 Å². The van der Waals surface area contributed by atoms with E-state index in [1.165, 1.54) is 0 Å². The lowest BCUT2D eigenvalue weighted by Crippen LogP contribution is -2.38.